The first-order valence-corrected chi connectivity index (χ1v) is 9.88. The van der Waals surface area contributed by atoms with Gasteiger partial charge in [0.05, 0.1) is 16.9 Å². The van der Waals surface area contributed by atoms with Crippen LogP contribution in [0.3, 0.4) is 0 Å². The standard InChI is InChI=1S/C23H25N5O3/c1-14(2)24-22(30)18-10-5-6-11-19(18)25-23(31)26-21-13-20(28(4)27-21)17-9-7-8-16(12-17)15(3)29/h5-14H,1-4H3,(H,24,30)(H2,25,26,27,31). The first-order chi connectivity index (χ1) is 14.7. The van der Waals surface area contributed by atoms with Crippen LogP contribution in [0.15, 0.2) is 54.6 Å². The third-order valence-electron chi connectivity index (χ3n) is 4.53. The Bertz CT molecular complexity index is 1130. The van der Waals surface area contributed by atoms with Gasteiger partial charge in [-0.15, -0.1) is 0 Å². The van der Waals surface area contributed by atoms with Crippen molar-refractivity contribution in [3.05, 3.63) is 65.7 Å². The quantitative estimate of drug-likeness (QED) is 0.524. The number of anilines is 2. The highest BCUT2D eigenvalue weighted by atomic mass is 16.2. The molecule has 0 aliphatic heterocycles. The van der Waals surface area contributed by atoms with Gasteiger partial charge in [0.2, 0.25) is 0 Å². The number of benzene rings is 2. The van der Waals surface area contributed by atoms with E-state index in [-0.39, 0.29) is 17.7 Å². The molecule has 1 aromatic heterocycles. The summed E-state index contributed by atoms with van der Waals surface area (Å²) in [6, 6.07) is 15.2. The van der Waals surface area contributed by atoms with Crippen LogP contribution in [0.25, 0.3) is 11.3 Å². The zero-order chi connectivity index (χ0) is 22.5. The first kappa shape index (κ1) is 21.8. The zero-order valence-electron chi connectivity index (χ0n) is 17.9. The number of nitrogens with zero attached hydrogens (tertiary/aromatic N) is 2. The molecule has 0 bridgehead atoms. The summed E-state index contributed by atoms with van der Waals surface area (Å²) >= 11 is 0. The molecule has 3 rings (SSSR count). The summed E-state index contributed by atoms with van der Waals surface area (Å²) in [6.07, 6.45) is 0. The predicted octanol–water partition coefficient (Wildman–Crippen LogP) is 4.07. The molecule has 3 N–H and O–H groups in total. The molecule has 0 fully saturated rings. The topological polar surface area (TPSA) is 105 Å². The molecule has 2 aromatic carbocycles. The summed E-state index contributed by atoms with van der Waals surface area (Å²) in [6.45, 7) is 5.25. The van der Waals surface area contributed by atoms with Crippen LogP contribution in [0, 0.1) is 0 Å². The summed E-state index contributed by atoms with van der Waals surface area (Å²) in [5.41, 5.74) is 2.92. The monoisotopic (exact) mass is 419 g/mol. The van der Waals surface area contributed by atoms with Crippen molar-refractivity contribution in [2.75, 3.05) is 10.6 Å². The normalized spacial score (nSPS) is 10.6. The second-order valence-corrected chi connectivity index (χ2v) is 7.43. The molecule has 3 amide bonds. The molecule has 0 aliphatic rings. The van der Waals surface area contributed by atoms with Crippen LogP contribution in [0.2, 0.25) is 0 Å². The number of rotatable bonds is 6. The van der Waals surface area contributed by atoms with Gasteiger partial charge < -0.3 is 10.6 Å². The number of urea groups is 1. The molecule has 0 spiro atoms. The zero-order valence-corrected chi connectivity index (χ0v) is 17.9. The Labute approximate surface area is 180 Å². The van der Waals surface area contributed by atoms with Gasteiger partial charge in [-0.05, 0) is 39.0 Å². The van der Waals surface area contributed by atoms with E-state index in [1.807, 2.05) is 19.9 Å². The fourth-order valence-electron chi connectivity index (χ4n) is 3.10. The molecule has 0 aliphatic carbocycles. The van der Waals surface area contributed by atoms with Crippen molar-refractivity contribution in [3.63, 3.8) is 0 Å². The van der Waals surface area contributed by atoms with E-state index < -0.39 is 6.03 Å². The van der Waals surface area contributed by atoms with Crippen molar-refractivity contribution in [3.8, 4) is 11.3 Å². The number of nitrogens with one attached hydrogen (secondary N) is 3. The number of Topliss-reactive ketones (excluding diaryl/α,β-unsaturated/α-hetero) is 1. The highest BCUT2D eigenvalue weighted by Gasteiger charge is 2.15. The summed E-state index contributed by atoms with van der Waals surface area (Å²) in [4.78, 5) is 36.6. The number of para-hydroxylation sites is 1. The SMILES string of the molecule is CC(=O)c1cccc(-c2cc(NC(=O)Nc3ccccc3C(=O)NC(C)C)nn2C)c1. The molecule has 0 saturated carbocycles. The Kier molecular flexibility index (Phi) is 6.49. The molecular formula is C23H25N5O3. The second kappa shape index (κ2) is 9.25. The van der Waals surface area contributed by atoms with Gasteiger partial charge >= 0.3 is 6.03 Å². The molecule has 0 radical (unpaired) electrons. The molecule has 0 unspecified atom stereocenters. The van der Waals surface area contributed by atoms with Gasteiger partial charge in [0.25, 0.3) is 5.91 Å². The number of carbonyl (C=O) groups excluding carboxylic acids is 3. The van der Waals surface area contributed by atoms with Crippen LogP contribution in [0.4, 0.5) is 16.3 Å². The molecule has 0 atom stereocenters. The molecule has 31 heavy (non-hydrogen) atoms. The Balaban J connectivity index is 1.76. The lowest BCUT2D eigenvalue weighted by molar-refractivity contribution is 0.0943. The van der Waals surface area contributed by atoms with E-state index in [1.54, 1.807) is 60.3 Å². The smallest absolute Gasteiger partial charge is 0.324 e. The molecule has 160 valence electrons. The number of hydrogen-bond donors (Lipinski definition) is 3. The van der Waals surface area contributed by atoms with Gasteiger partial charge in [-0.25, -0.2) is 4.79 Å². The van der Waals surface area contributed by atoms with Crippen LogP contribution in [0.1, 0.15) is 41.5 Å². The fraction of sp³-hybridized carbons (Fsp3) is 0.217. The van der Waals surface area contributed by atoms with Gasteiger partial charge in [0.15, 0.2) is 11.6 Å². The molecule has 8 nitrogen and oxygen atoms in total. The van der Waals surface area contributed by atoms with Crippen molar-refractivity contribution in [1.82, 2.24) is 15.1 Å². The Morgan fingerprint density at radius 1 is 0.968 bits per heavy atom. The van der Waals surface area contributed by atoms with Crippen LogP contribution in [0.5, 0.6) is 0 Å². The van der Waals surface area contributed by atoms with E-state index in [2.05, 4.69) is 21.0 Å². The lowest BCUT2D eigenvalue weighted by atomic mass is 10.1. The minimum atomic E-state index is -0.521. The first-order valence-electron chi connectivity index (χ1n) is 9.88. The molecule has 0 saturated heterocycles. The maximum atomic E-state index is 12.5. The lowest BCUT2D eigenvalue weighted by Crippen LogP contribution is -2.31. The van der Waals surface area contributed by atoms with Crippen LogP contribution < -0.4 is 16.0 Å². The van der Waals surface area contributed by atoms with E-state index in [0.717, 1.165) is 11.3 Å². The third-order valence-corrected chi connectivity index (χ3v) is 4.53. The van der Waals surface area contributed by atoms with Gasteiger partial charge in [0.1, 0.15) is 0 Å². The minimum absolute atomic E-state index is 0.0252. The summed E-state index contributed by atoms with van der Waals surface area (Å²) in [5, 5.41) is 12.5. The number of amides is 3. The Morgan fingerprint density at radius 3 is 2.42 bits per heavy atom. The average Bonchev–Trinajstić information content (AvgIpc) is 3.07. The number of aryl methyl sites for hydroxylation is 1. The summed E-state index contributed by atoms with van der Waals surface area (Å²) < 4.78 is 1.62. The largest absolute Gasteiger partial charge is 0.350 e. The van der Waals surface area contributed by atoms with E-state index in [1.165, 1.54) is 6.92 Å². The van der Waals surface area contributed by atoms with Crippen molar-refractivity contribution < 1.29 is 14.4 Å². The van der Waals surface area contributed by atoms with Gasteiger partial charge in [-0.2, -0.15) is 5.10 Å². The minimum Gasteiger partial charge on any atom is -0.350 e. The molecule has 8 heteroatoms. The summed E-state index contributed by atoms with van der Waals surface area (Å²) in [5.74, 6) is 0.0469. The highest BCUT2D eigenvalue weighted by molar-refractivity contribution is 6.06. The van der Waals surface area contributed by atoms with E-state index >= 15 is 0 Å². The third kappa shape index (κ3) is 5.36. The maximum Gasteiger partial charge on any atom is 0.324 e. The van der Waals surface area contributed by atoms with Gasteiger partial charge in [0, 0.05) is 30.3 Å². The molecule has 3 aromatic rings. The van der Waals surface area contributed by atoms with Crippen LogP contribution in [-0.4, -0.2) is 33.5 Å². The predicted molar refractivity (Wildman–Crippen MR) is 120 cm³/mol. The van der Waals surface area contributed by atoms with Crippen molar-refractivity contribution in [2.45, 2.75) is 26.8 Å². The van der Waals surface area contributed by atoms with E-state index in [0.29, 0.717) is 22.6 Å². The van der Waals surface area contributed by atoms with Crippen molar-refractivity contribution in [1.29, 1.82) is 0 Å². The number of aromatic nitrogens is 2. The average molecular weight is 419 g/mol. The van der Waals surface area contributed by atoms with Crippen LogP contribution in [-0.2, 0) is 7.05 Å². The molecular weight excluding hydrogens is 394 g/mol. The van der Waals surface area contributed by atoms with Gasteiger partial charge in [-0.3, -0.25) is 19.6 Å². The van der Waals surface area contributed by atoms with Gasteiger partial charge in [-0.1, -0.05) is 30.3 Å². The highest BCUT2D eigenvalue weighted by Crippen LogP contribution is 2.23. The number of hydrogen-bond acceptors (Lipinski definition) is 4. The maximum absolute atomic E-state index is 12.5. The number of carbonyl (C=O) groups is 3. The second-order valence-electron chi connectivity index (χ2n) is 7.43. The Hall–Kier alpha value is -3.94. The number of ketones is 1. The van der Waals surface area contributed by atoms with E-state index in [9.17, 15) is 14.4 Å². The summed E-state index contributed by atoms with van der Waals surface area (Å²) in [7, 11) is 1.75. The van der Waals surface area contributed by atoms with Crippen molar-refractivity contribution >= 4 is 29.2 Å². The fourth-order valence-corrected chi connectivity index (χ4v) is 3.10. The van der Waals surface area contributed by atoms with E-state index in [4.69, 9.17) is 0 Å². The lowest BCUT2D eigenvalue weighted by Gasteiger charge is -2.13. The van der Waals surface area contributed by atoms with Crippen LogP contribution >= 0.6 is 0 Å². The molecule has 1 heterocycles. The Morgan fingerprint density at radius 2 is 1.71 bits per heavy atom. The van der Waals surface area contributed by atoms with Crippen molar-refractivity contribution in [2.24, 2.45) is 7.05 Å².